The first-order chi connectivity index (χ1) is 3.81. The van der Waals surface area contributed by atoms with Gasteiger partial charge in [-0.1, -0.05) is 19.9 Å². The summed E-state index contributed by atoms with van der Waals surface area (Å²) < 4.78 is 0. The van der Waals surface area contributed by atoms with E-state index in [-0.39, 0.29) is 0 Å². The highest BCUT2D eigenvalue weighted by molar-refractivity contribution is 4.88. The number of hydrogen-bond acceptors (Lipinski definition) is 1. The fourth-order valence-corrected chi connectivity index (χ4v) is 0.515. The number of hydrogen-bond donors (Lipinski definition) is 1. The van der Waals surface area contributed by atoms with Crippen molar-refractivity contribution in [3.63, 3.8) is 0 Å². The molecule has 0 aromatic heterocycles. The van der Waals surface area contributed by atoms with Gasteiger partial charge in [0.15, 0.2) is 0 Å². The van der Waals surface area contributed by atoms with Gasteiger partial charge in [-0.2, -0.15) is 0 Å². The maximum Gasteiger partial charge on any atom is 0.00310 e. The molecule has 0 atom stereocenters. The van der Waals surface area contributed by atoms with Gasteiger partial charge in [0.25, 0.3) is 0 Å². The fourth-order valence-electron chi connectivity index (χ4n) is 0.515. The molecule has 1 nitrogen and oxygen atoms in total. The zero-order valence-corrected chi connectivity index (χ0v) is 5.83. The maximum atomic E-state index is 3.80. The van der Waals surface area contributed by atoms with Crippen LogP contribution in [0.5, 0.6) is 0 Å². The molecule has 0 bridgehead atoms. The molecule has 1 heteroatoms. The molecule has 0 amide bonds. The van der Waals surface area contributed by atoms with Crippen LogP contribution in [0.4, 0.5) is 0 Å². The summed E-state index contributed by atoms with van der Waals surface area (Å²) in [7, 11) is 1.91. The van der Waals surface area contributed by atoms with Gasteiger partial charge in [0.2, 0.25) is 0 Å². The molecule has 48 valence electrons. The second kappa shape index (κ2) is 4.69. The van der Waals surface area contributed by atoms with E-state index in [4.69, 9.17) is 0 Å². The third-order valence-electron chi connectivity index (χ3n) is 1.19. The molecule has 0 spiro atoms. The molecule has 0 aromatic carbocycles. The van der Waals surface area contributed by atoms with Gasteiger partial charge in [-0.3, -0.25) is 0 Å². The van der Waals surface area contributed by atoms with Crippen molar-refractivity contribution in [3.8, 4) is 0 Å². The molecule has 0 radical (unpaired) electrons. The smallest absolute Gasteiger partial charge is 0.00310 e. The lowest BCUT2D eigenvalue weighted by Gasteiger charge is -2.00. The molecule has 0 rings (SSSR count). The summed E-state index contributed by atoms with van der Waals surface area (Å²) in [4.78, 5) is 0. The van der Waals surface area contributed by atoms with E-state index in [1.165, 1.54) is 12.8 Å². The first-order valence-electron chi connectivity index (χ1n) is 3.16. The highest BCUT2D eigenvalue weighted by Gasteiger charge is 1.85. The van der Waals surface area contributed by atoms with Crippen LogP contribution in [0.2, 0.25) is 0 Å². The lowest BCUT2D eigenvalue weighted by molar-refractivity contribution is 0.747. The second-order valence-corrected chi connectivity index (χ2v) is 1.96. The molecule has 8 heavy (non-hydrogen) atoms. The molecule has 0 heterocycles. The first-order valence-corrected chi connectivity index (χ1v) is 3.16. The van der Waals surface area contributed by atoms with Crippen LogP contribution in [0.3, 0.4) is 0 Å². The van der Waals surface area contributed by atoms with Gasteiger partial charge < -0.3 is 5.32 Å². The van der Waals surface area contributed by atoms with Gasteiger partial charge in [0, 0.05) is 12.7 Å². The molecule has 0 saturated heterocycles. The van der Waals surface area contributed by atoms with Crippen LogP contribution >= 0.6 is 0 Å². The summed E-state index contributed by atoms with van der Waals surface area (Å²) in [6.45, 7) is 5.98. The van der Waals surface area contributed by atoms with Gasteiger partial charge >= 0.3 is 0 Å². The monoisotopic (exact) mass is 113 g/mol. The lowest BCUT2D eigenvalue weighted by atomic mass is 10.2. The molecular weight excluding hydrogens is 98.1 g/mol. The Morgan fingerprint density at radius 1 is 1.62 bits per heavy atom. The van der Waals surface area contributed by atoms with Gasteiger partial charge in [0.05, 0.1) is 0 Å². The summed E-state index contributed by atoms with van der Waals surface area (Å²) >= 11 is 0. The number of nitrogens with one attached hydrogen (secondary N) is 1. The molecular formula is C7H15N. The predicted octanol–water partition coefficient (Wildman–Crippen LogP) is 1.91. The zero-order chi connectivity index (χ0) is 6.41. The Labute approximate surface area is 51.8 Å². The van der Waals surface area contributed by atoms with E-state index >= 15 is 0 Å². The van der Waals surface area contributed by atoms with Gasteiger partial charge in [0.1, 0.15) is 0 Å². The van der Waals surface area contributed by atoms with E-state index in [1.54, 1.807) is 0 Å². The van der Waals surface area contributed by atoms with Crippen molar-refractivity contribution >= 4 is 0 Å². The van der Waals surface area contributed by atoms with E-state index in [9.17, 15) is 0 Å². The maximum absolute atomic E-state index is 3.80. The Kier molecular flexibility index (Phi) is 4.42. The molecule has 0 fully saturated rings. The predicted molar refractivity (Wildman–Crippen MR) is 37.7 cm³/mol. The zero-order valence-electron chi connectivity index (χ0n) is 5.83. The van der Waals surface area contributed by atoms with Crippen molar-refractivity contribution in [1.82, 2.24) is 5.32 Å². The molecule has 0 saturated carbocycles. The average molecular weight is 113 g/mol. The Hall–Kier alpha value is -0.460. The van der Waals surface area contributed by atoms with Crippen molar-refractivity contribution in [3.05, 3.63) is 12.3 Å². The summed E-state index contributed by atoms with van der Waals surface area (Å²) in [5, 5.41) is 3.01. The Morgan fingerprint density at radius 2 is 2.25 bits per heavy atom. The van der Waals surface area contributed by atoms with Crippen LogP contribution < -0.4 is 5.32 Å². The van der Waals surface area contributed by atoms with Gasteiger partial charge in [-0.25, -0.2) is 0 Å². The molecule has 0 unspecified atom stereocenters. The normalized spacial score (nSPS) is 8.75. The Morgan fingerprint density at radius 3 is 2.62 bits per heavy atom. The largest absolute Gasteiger partial charge is 0.392 e. The third-order valence-corrected chi connectivity index (χ3v) is 1.19. The van der Waals surface area contributed by atoms with E-state index in [2.05, 4.69) is 18.8 Å². The van der Waals surface area contributed by atoms with E-state index in [0.29, 0.717) is 0 Å². The summed E-state index contributed by atoms with van der Waals surface area (Å²) in [6.07, 6.45) is 3.62. The van der Waals surface area contributed by atoms with Crippen LogP contribution in [0.25, 0.3) is 0 Å². The minimum Gasteiger partial charge on any atom is -0.392 e. The van der Waals surface area contributed by atoms with Crippen LogP contribution in [0.15, 0.2) is 12.3 Å². The fraction of sp³-hybridized carbons (Fsp3) is 0.714. The molecule has 1 N–H and O–H groups in total. The topological polar surface area (TPSA) is 12.0 Å². The summed E-state index contributed by atoms with van der Waals surface area (Å²) in [5.41, 5.74) is 1.15. The molecule has 0 aromatic rings. The molecule has 0 aliphatic heterocycles. The highest BCUT2D eigenvalue weighted by atomic mass is 14.8. The van der Waals surface area contributed by atoms with Gasteiger partial charge in [-0.05, 0) is 12.8 Å². The van der Waals surface area contributed by atoms with Crippen LogP contribution in [-0.4, -0.2) is 7.05 Å². The first kappa shape index (κ1) is 7.54. The Bertz CT molecular complexity index is 66.8. The number of allylic oxidation sites excluding steroid dienone is 1. The number of rotatable bonds is 4. The van der Waals surface area contributed by atoms with E-state index < -0.39 is 0 Å². The average Bonchev–Trinajstić information content (AvgIpc) is 1.83. The molecule has 0 aliphatic rings. The number of unbranched alkanes of at least 4 members (excludes halogenated alkanes) is 1. The van der Waals surface area contributed by atoms with Crippen molar-refractivity contribution in [2.75, 3.05) is 7.05 Å². The van der Waals surface area contributed by atoms with E-state index in [0.717, 1.165) is 12.1 Å². The van der Waals surface area contributed by atoms with Crippen LogP contribution in [0, 0.1) is 0 Å². The van der Waals surface area contributed by atoms with Crippen LogP contribution in [-0.2, 0) is 0 Å². The quantitative estimate of drug-likeness (QED) is 0.587. The van der Waals surface area contributed by atoms with Crippen molar-refractivity contribution in [2.45, 2.75) is 26.2 Å². The van der Waals surface area contributed by atoms with E-state index in [1.807, 2.05) is 7.05 Å². The lowest BCUT2D eigenvalue weighted by Crippen LogP contribution is -2.03. The highest BCUT2D eigenvalue weighted by Crippen LogP contribution is 1.99. The van der Waals surface area contributed by atoms with Crippen molar-refractivity contribution in [2.24, 2.45) is 0 Å². The second-order valence-electron chi connectivity index (χ2n) is 1.96. The minimum absolute atomic E-state index is 1.12. The molecule has 0 aliphatic carbocycles. The Balaban J connectivity index is 2.99. The standard InChI is InChI=1S/C7H15N/c1-4-5-6-7(2)8-3/h8H,2,4-6H2,1,3H3. The summed E-state index contributed by atoms with van der Waals surface area (Å²) in [5.74, 6) is 0. The van der Waals surface area contributed by atoms with Crippen molar-refractivity contribution < 1.29 is 0 Å². The SMILES string of the molecule is C=C(CCCC)NC. The van der Waals surface area contributed by atoms with Crippen LogP contribution in [0.1, 0.15) is 26.2 Å². The van der Waals surface area contributed by atoms with Crippen molar-refractivity contribution in [1.29, 1.82) is 0 Å². The third kappa shape index (κ3) is 3.72. The summed E-state index contributed by atoms with van der Waals surface area (Å²) in [6, 6.07) is 0. The minimum atomic E-state index is 1.12. The van der Waals surface area contributed by atoms with Gasteiger partial charge in [-0.15, -0.1) is 0 Å².